The van der Waals surface area contributed by atoms with E-state index in [1.165, 1.54) is 0 Å². The molecule has 0 saturated heterocycles. The van der Waals surface area contributed by atoms with Crippen molar-refractivity contribution in [3.8, 4) is 0 Å². The number of amides is 1. The molecule has 0 aromatic carbocycles. The number of carbonyl (C=O) groups excluding carboxylic acids is 1. The third kappa shape index (κ3) is 2.74. The molecule has 1 atom stereocenters. The molecule has 2 aromatic heterocycles. The first-order valence-corrected chi connectivity index (χ1v) is 5.92. The van der Waals surface area contributed by atoms with E-state index in [2.05, 4.69) is 20.3 Å². The van der Waals surface area contributed by atoms with Gasteiger partial charge >= 0.3 is 0 Å². The van der Waals surface area contributed by atoms with E-state index >= 15 is 0 Å². The van der Waals surface area contributed by atoms with Crippen molar-refractivity contribution in [2.45, 2.75) is 26.3 Å². The van der Waals surface area contributed by atoms with Crippen LogP contribution in [-0.2, 0) is 0 Å². The Morgan fingerprint density at radius 2 is 2.33 bits per heavy atom. The molecular weight excluding hydrogens is 228 g/mol. The topological polar surface area (TPSA) is 70.7 Å². The molecule has 0 radical (unpaired) electrons. The molecule has 1 amide bonds. The molecule has 2 aromatic rings. The second-order valence-corrected chi connectivity index (χ2v) is 4.16. The summed E-state index contributed by atoms with van der Waals surface area (Å²) in [6.45, 7) is 3.91. The number of pyridine rings is 1. The van der Waals surface area contributed by atoms with Gasteiger partial charge in [0.25, 0.3) is 5.91 Å². The number of aromatic amines is 1. The predicted molar refractivity (Wildman–Crippen MR) is 68.1 cm³/mol. The van der Waals surface area contributed by atoms with Crippen molar-refractivity contribution in [1.82, 2.24) is 20.3 Å². The highest BCUT2D eigenvalue weighted by atomic mass is 16.1. The lowest BCUT2D eigenvalue weighted by Gasteiger charge is -2.14. The number of H-pyrrole nitrogens is 1. The van der Waals surface area contributed by atoms with Crippen molar-refractivity contribution in [3.05, 3.63) is 47.8 Å². The fourth-order valence-electron chi connectivity index (χ4n) is 1.75. The molecule has 0 spiro atoms. The van der Waals surface area contributed by atoms with E-state index in [-0.39, 0.29) is 11.9 Å². The average molecular weight is 244 g/mol. The molecule has 0 aliphatic rings. The van der Waals surface area contributed by atoms with Gasteiger partial charge in [0.2, 0.25) is 0 Å². The molecule has 0 aliphatic carbocycles. The Kier molecular flexibility index (Phi) is 3.72. The Hall–Kier alpha value is -2.17. The van der Waals surface area contributed by atoms with Gasteiger partial charge in [-0.1, -0.05) is 6.92 Å². The molecule has 2 rings (SSSR count). The molecule has 5 heteroatoms. The minimum Gasteiger partial charge on any atom is -0.347 e. The molecule has 2 N–H and O–H groups in total. The van der Waals surface area contributed by atoms with Crippen molar-refractivity contribution in [1.29, 1.82) is 0 Å². The maximum atomic E-state index is 12.1. The Labute approximate surface area is 106 Å². The van der Waals surface area contributed by atoms with E-state index < -0.39 is 0 Å². The van der Waals surface area contributed by atoms with E-state index in [9.17, 15) is 4.79 Å². The van der Waals surface area contributed by atoms with Crippen LogP contribution in [0.1, 0.15) is 41.1 Å². The second-order valence-electron chi connectivity index (χ2n) is 4.16. The van der Waals surface area contributed by atoms with Gasteiger partial charge in [-0.2, -0.15) is 0 Å². The standard InChI is InChI=1S/C13H16N4O/c1-3-11(12-15-4-5-16-12)17-13(18)10-6-9(2)7-14-8-10/h4-8,11H,3H2,1-2H3,(H,15,16)(H,17,18). The molecule has 2 heterocycles. The van der Waals surface area contributed by atoms with Crippen molar-refractivity contribution >= 4 is 5.91 Å². The number of aromatic nitrogens is 3. The minimum absolute atomic E-state index is 0.104. The van der Waals surface area contributed by atoms with Crippen LogP contribution in [0.2, 0.25) is 0 Å². The summed E-state index contributed by atoms with van der Waals surface area (Å²) in [5.74, 6) is 0.640. The summed E-state index contributed by atoms with van der Waals surface area (Å²) in [5, 5.41) is 2.94. The Balaban J connectivity index is 2.11. The zero-order valence-electron chi connectivity index (χ0n) is 10.5. The van der Waals surface area contributed by atoms with Gasteiger partial charge in [0, 0.05) is 24.8 Å². The molecule has 0 aliphatic heterocycles. The third-order valence-corrected chi connectivity index (χ3v) is 2.70. The number of hydrogen-bond acceptors (Lipinski definition) is 3. The number of aryl methyl sites for hydroxylation is 1. The van der Waals surface area contributed by atoms with Crippen LogP contribution in [-0.4, -0.2) is 20.9 Å². The van der Waals surface area contributed by atoms with Crippen molar-refractivity contribution < 1.29 is 4.79 Å². The molecule has 5 nitrogen and oxygen atoms in total. The van der Waals surface area contributed by atoms with Gasteiger partial charge in [-0.15, -0.1) is 0 Å². The number of imidazole rings is 1. The number of nitrogens with zero attached hydrogens (tertiary/aromatic N) is 2. The highest BCUT2D eigenvalue weighted by molar-refractivity contribution is 5.94. The summed E-state index contributed by atoms with van der Waals surface area (Å²) in [7, 11) is 0. The molecule has 1 unspecified atom stereocenters. The summed E-state index contributed by atoms with van der Waals surface area (Å²) in [6.07, 6.45) is 7.49. The van der Waals surface area contributed by atoms with Gasteiger partial charge in [-0.25, -0.2) is 4.98 Å². The van der Waals surface area contributed by atoms with Gasteiger partial charge in [0.05, 0.1) is 11.6 Å². The van der Waals surface area contributed by atoms with E-state index in [4.69, 9.17) is 0 Å². The molecule has 0 fully saturated rings. The normalized spacial score (nSPS) is 12.1. The van der Waals surface area contributed by atoms with Crippen LogP contribution in [0.4, 0.5) is 0 Å². The average Bonchev–Trinajstić information content (AvgIpc) is 2.89. The van der Waals surface area contributed by atoms with Crippen LogP contribution in [0.5, 0.6) is 0 Å². The van der Waals surface area contributed by atoms with Crippen LogP contribution in [0.15, 0.2) is 30.9 Å². The fourth-order valence-corrected chi connectivity index (χ4v) is 1.75. The third-order valence-electron chi connectivity index (χ3n) is 2.70. The molecule has 0 saturated carbocycles. The largest absolute Gasteiger partial charge is 0.347 e. The van der Waals surface area contributed by atoms with E-state index in [0.717, 1.165) is 17.8 Å². The Morgan fingerprint density at radius 1 is 1.50 bits per heavy atom. The number of rotatable bonds is 4. The van der Waals surface area contributed by atoms with Crippen molar-refractivity contribution in [3.63, 3.8) is 0 Å². The monoisotopic (exact) mass is 244 g/mol. The maximum absolute atomic E-state index is 12.1. The summed E-state index contributed by atoms with van der Waals surface area (Å²) >= 11 is 0. The number of hydrogen-bond donors (Lipinski definition) is 2. The first kappa shape index (κ1) is 12.3. The highest BCUT2D eigenvalue weighted by Gasteiger charge is 2.15. The van der Waals surface area contributed by atoms with Gasteiger partial charge in [0.1, 0.15) is 5.82 Å². The Bertz CT molecular complexity index is 522. The first-order valence-electron chi connectivity index (χ1n) is 5.92. The molecular formula is C13H16N4O. The number of nitrogens with one attached hydrogen (secondary N) is 2. The van der Waals surface area contributed by atoms with Crippen molar-refractivity contribution in [2.75, 3.05) is 0 Å². The lowest BCUT2D eigenvalue weighted by atomic mass is 10.1. The lowest BCUT2D eigenvalue weighted by molar-refractivity contribution is 0.0933. The summed E-state index contributed by atoms with van der Waals surface area (Å²) in [6, 6.07) is 1.71. The fraction of sp³-hybridized carbons (Fsp3) is 0.308. The van der Waals surface area contributed by atoms with Crippen LogP contribution in [0.25, 0.3) is 0 Å². The van der Waals surface area contributed by atoms with E-state index in [1.54, 1.807) is 24.8 Å². The van der Waals surface area contributed by atoms with Crippen LogP contribution in [0, 0.1) is 6.92 Å². The molecule has 0 bridgehead atoms. The smallest absolute Gasteiger partial charge is 0.253 e. The number of carbonyl (C=O) groups is 1. The van der Waals surface area contributed by atoms with E-state index in [0.29, 0.717) is 5.56 Å². The maximum Gasteiger partial charge on any atom is 0.253 e. The quantitative estimate of drug-likeness (QED) is 0.864. The molecule has 94 valence electrons. The SMILES string of the molecule is CCC(NC(=O)c1cncc(C)c1)c1ncc[nH]1. The minimum atomic E-state index is -0.130. The highest BCUT2D eigenvalue weighted by Crippen LogP contribution is 2.12. The van der Waals surface area contributed by atoms with Gasteiger partial charge in [-0.3, -0.25) is 9.78 Å². The zero-order chi connectivity index (χ0) is 13.0. The van der Waals surface area contributed by atoms with E-state index in [1.807, 2.05) is 19.9 Å². The van der Waals surface area contributed by atoms with Crippen LogP contribution in [0.3, 0.4) is 0 Å². The van der Waals surface area contributed by atoms with Gasteiger partial charge in [-0.05, 0) is 25.0 Å². The zero-order valence-corrected chi connectivity index (χ0v) is 10.5. The van der Waals surface area contributed by atoms with Gasteiger partial charge in [0.15, 0.2) is 0 Å². The first-order chi connectivity index (χ1) is 8.70. The second kappa shape index (κ2) is 5.44. The Morgan fingerprint density at radius 3 is 2.94 bits per heavy atom. The predicted octanol–water partition coefficient (Wildman–Crippen LogP) is 1.99. The molecule has 18 heavy (non-hydrogen) atoms. The summed E-state index contributed by atoms with van der Waals surface area (Å²) < 4.78 is 0. The van der Waals surface area contributed by atoms with Crippen LogP contribution >= 0.6 is 0 Å². The summed E-state index contributed by atoms with van der Waals surface area (Å²) in [5.41, 5.74) is 1.54. The lowest BCUT2D eigenvalue weighted by Crippen LogP contribution is -2.29. The summed E-state index contributed by atoms with van der Waals surface area (Å²) in [4.78, 5) is 23.3. The van der Waals surface area contributed by atoms with Crippen molar-refractivity contribution in [2.24, 2.45) is 0 Å². The van der Waals surface area contributed by atoms with Crippen LogP contribution < -0.4 is 5.32 Å². The van der Waals surface area contributed by atoms with Gasteiger partial charge < -0.3 is 10.3 Å².